The number of aromatic nitrogens is 1. The Morgan fingerprint density at radius 2 is 2.50 bits per heavy atom. The van der Waals surface area contributed by atoms with Crippen LogP contribution in [0.1, 0.15) is 12.7 Å². The molecule has 1 aromatic rings. The summed E-state index contributed by atoms with van der Waals surface area (Å²) in [4.78, 5) is 11.5. The number of nitrogens with zero attached hydrogens (tertiary/aromatic N) is 1. The van der Waals surface area contributed by atoms with Crippen molar-refractivity contribution in [2.24, 2.45) is 0 Å². The molecule has 2 N–H and O–H groups in total. The van der Waals surface area contributed by atoms with Crippen LogP contribution < -0.4 is 10.6 Å². The molecule has 0 bridgehead atoms. The summed E-state index contributed by atoms with van der Waals surface area (Å²) >= 11 is 0. The van der Waals surface area contributed by atoms with Crippen LogP contribution in [0.4, 0.5) is 5.82 Å². The van der Waals surface area contributed by atoms with Crippen molar-refractivity contribution in [1.29, 1.82) is 0 Å². The molecule has 88 valence electrons. The average Bonchev–Trinajstić information content (AvgIpc) is 2.58. The monoisotopic (exact) mass is 225 g/mol. The molecule has 1 aromatic heterocycles. The summed E-state index contributed by atoms with van der Waals surface area (Å²) in [6.45, 7) is 5.33. The van der Waals surface area contributed by atoms with E-state index >= 15 is 0 Å². The number of amides is 1. The van der Waals surface area contributed by atoms with Gasteiger partial charge in [0, 0.05) is 19.2 Å². The maximum atomic E-state index is 11.5. The van der Waals surface area contributed by atoms with E-state index in [0.717, 1.165) is 13.1 Å². The minimum atomic E-state index is -0.221. The highest BCUT2D eigenvalue weighted by atomic mass is 16.5. The predicted molar refractivity (Wildman–Crippen MR) is 57.1 cm³/mol. The second-order valence-electron chi connectivity index (χ2n) is 4.21. The zero-order chi connectivity index (χ0) is 11.6. The Balaban J connectivity index is 1.76. The minimum absolute atomic E-state index is 0.0318. The molecule has 1 saturated heterocycles. The van der Waals surface area contributed by atoms with Gasteiger partial charge in [0.25, 0.3) is 5.91 Å². The lowest BCUT2D eigenvalue weighted by atomic mass is 10.0. The first-order valence-corrected chi connectivity index (χ1v) is 5.15. The van der Waals surface area contributed by atoms with E-state index in [0.29, 0.717) is 11.6 Å². The van der Waals surface area contributed by atoms with E-state index < -0.39 is 0 Å². The van der Waals surface area contributed by atoms with Crippen LogP contribution in [-0.4, -0.2) is 36.4 Å². The van der Waals surface area contributed by atoms with Crippen LogP contribution in [0.3, 0.4) is 0 Å². The number of nitrogens with one attached hydrogen (secondary N) is 2. The molecule has 6 nitrogen and oxygen atoms in total. The maximum Gasteiger partial charge on any atom is 0.251 e. The SMILES string of the molecule is Cc1cc(NC(=O)COC2(C)CNC2)no1. The fourth-order valence-electron chi connectivity index (χ4n) is 1.42. The van der Waals surface area contributed by atoms with Gasteiger partial charge in [-0.05, 0) is 13.8 Å². The van der Waals surface area contributed by atoms with Gasteiger partial charge in [-0.3, -0.25) is 4.79 Å². The summed E-state index contributed by atoms with van der Waals surface area (Å²) in [5, 5.41) is 9.35. The van der Waals surface area contributed by atoms with Crippen molar-refractivity contribution in [2.75, 3.05) is 25.0 Å². The summed E-state index contributed by atoms with van der Waals surface area (Å²) < 4.78 is 10.3. The zero-order valence-corrected chi connectivity index (χ0v) is 9.37. The van der Waals surface area contributed by atoms with Gasteiger partial charge in [-0.1, -0.05) is 5.16 Å². The van der Waals surface area contributed by atoms with E-state index in [1.807, 2.05) is 6.92 Å². The fraction of sp³-hybridized carbons (Fsp3) is 0.600. The third-order valence-electron chi connectivity index (χ3n) is 2.45. The van der Waals surface area contributed by atoms with E-state index in [-0.39, 0.29) is 18.1 Å². The summed E-state index contributed by atoms with van der Waals surface area (Å²) in [5.74, 6) is 0.857. The predicted octanol–water partition coefficient (Wildman–Crippen LogP) is 0.300. The largest absolute Gasteiger partial charge is 0.363 e. The number of carbonyl (C=O) groups is 1. The molecular formula is C10H15N3O3. The van der Waals surface area contributed by atoms with Crippen molar-refractivity contribution in [3.05, 3.63) is 11.8 Å². The first kappa shape index (κ1) is 11.1. The Kier molecular flexibility index (Phi) is 2.93. The summed E-state index contributed by atoms with van der Waals surface area (Å²) in [7, 11) is 0. The van der Waals surface area contributed by atoms with E-state index in [4.69, 9.17) is 9.26 Å². The lowest BCUT2D eigenvalue weighted by Gasteiger charge is -2.38. The molecule has 0 spiro atoms. The number of carbonyl (C=O) groups excluding carboxylic acids is 1. The Bertz CT molecular complexity index is 384. The van der Waals surface area contributed by atoms with Crippen LogP contribution in [-0.2, 0) is 9.53 Å². The molecule has 1 aliphatic rings. The molecule has 0 radical (unpaired) electrons. The van der Waals surface area contributed by atoms with Crippen molar-refractivity contribution in [3.63, 3.8) is 0 Å². The molecule has 1 fully saturated rings. The van der Waals surface area contributed by atoms with Gasteiger partial charge in [0.05, 0.1) is 5.60 Å². The summed E-state index contributed by atoms with van der Waals surface area (Å²) in [6, 6.07) is 1.66. The maximum absolute atomic E-state index is 11.5. The van der Waals surface area contributed by atoms with Crippen LogP contribution >= 0.6 is 0 Å². The molecule has 6 heteroatoms. The molecular weight excluding hydrogens is 210 g/mol. The number of aryl methyl sites for hydroxylation is 1. The molecule has 2 rings (SSSR count). The van der Waals surface area contributed by atoms with Crippen LogP contribution in [0.15, 0.2) is 10.6 Å². The zero-order valence-electron chi connectivity index (χ0n) is 9.37. The van der Waals surface area contributed by atoms with Gasteiger partial charge in [0.1, 0.15) is 12.4 Å². The van der Waals surface area contributed by atoms with Gasteiger partial charge in [0.15, 0.2) is 5.82 Å². The number of rotatable bonds is 4. The molecule has 0 aliphatic carbocycles. The van der Waals surface area contributed by atoms with Crippen molar-refractivity contribution in [3.8, 4) is 0 Å². The number of hydrogen-bond acceptors (Lipinski definition) is 5. The summed E-state index contributed by atoms with van der Waals surface area (Å²) in [5.41, 5.74) is -0.211. The van der Waals surface area contributed by atoms with Gasteiger partial charge >= 0.3 is 0 Å². The van der Waals surface area contributed by atoms with Crippen LogP contribution in [0.2, 0.25) is 0 Å². The molecule has 0 saturated carbocycles. The molecule has 16 heavy (non-hydrogen) atoms. The van der Waals surface area contributed by atoms with Gasteiger partial charge in [-0.15, -0.1) is 0 Å². The third-order valence-corrected chi connectivity index (χ3v) is 2.45. The highest BCUT2D eigenvalue weighted by Gasteiger charge is 2.33. The minimum Gasteiger partial charge on any atom is -0.363 e. The third kappa shape index (κ3) is 2.59. The molecule has 0 atom stereocenters. The van der Waals surface area contributed by atoms with E-state index in [2.05, 4.69) is 15.8 Å². The first-order valence-electron chi connectivity index (χ1n) is 5.15. The molecule has 1 aliphatic heterocycles. The van der Waals surface area contributed by atoms with Crippen LogP contribution in [0, 0.1) is 6.92 Å². The highest BCUT2D eigenvalue weighted by molar-refractivity contribution is 5.90. The summed E-state index contributed by atoms with van der Waals surface area (Å²) in [6.07, 6.45) is 0. The van der Waals surface area contributed by atoms with Crippen LogP contribution in [0.5, 0.6) is 0 Å². The van der Waals surface area contributed by atoms with Gasteiger partial charge < -0.3 is 19.9 Å². The second kappa shape index (κ2) is 4.23. The molecule has 0 aromatic carbocycles. The normalized spacial score (nSPS) is 17.9. The lowest BCUT2D eigenvalue weighted by Crippen LogP contribution is -2.59. The number of anilines is 1. The smallest absolute Gasteiger partial charge is 0.251 e. The molecule has 0 unspecified atom stereocenters. The molecule has 2 heterocycles. The fourth-order valence-corrected chi connectivity index (χ4v) is 1.42. The van der Waals surface area contributed by atoms with Crippen molar-refractivity contribution >= 4 is 11.7 Å². The van der Waals surface area contributed by atoms with Gasteiger partial charge in [-0.25, -0.2) is 0 Å². The lowest BCUT2D eigenvalue weighted by molar-refractivity contribution is -0.130. The van der Waals surface area contributed by atoms with Crippen molar-refractivity contribution in [1.82, 2.24) is 10.5 Å². The van der Waals surface area contributed by atoms with Crippen LogP contribution in [0.25, 0.3) is 0 Å². The Hall–Kier alpha value is -1.40. The number of ether oxygens (including phenoxy) is 1. The standard InChI is InChI=1S/C10H15N3O3/c1-7-3-8(13-16-7)12-9(14)4-15-10(2)5-11-6-10/h3,11H,4-6H2,1-2H3,(H,12,13,14). The molecule has 1 amide bonds. The van der Waals surface area contributed by atoms with Gasteiger partial charge in [0.2, 0.25) is 0 Å². The Morgan fingerprint density at radius 3 is 3.00 bits per heavy atom. The van der Waals surface area contributed by atoms with Crippen molar-refractivity contribution < 1.29 is 14.1 Å². The topological polar surface area (TPSA) is 76.4 Å². The van der Waals surface area contributed by atoms with E-state index in [9.17, 15) is 4.79 Å². The number of hydrogen-bond donors (Lipinski definition) is 2. The average molecular weight is 225 g/mol. The Morgan fingerprint density at radius 1 is 1.75 bits per heavy atom. The van der Waals surface area contributed by atoms with Gasteiger partial charge in [-0.2, -0.15) is 0 Å². The highest BCUT2D eigenvalue weighted by Crippen LogP contribution is 2.15. The Labute approximate surface area is 93.3 Å². The van der Waals surface area contributed by atoms with E-state index in [1.165, 1.54) is 0 Å². The first-order chi connectivity index (χ1) is 7.57. The second-order valence-corrected chi connectivity index (χ2v) is 4.21. The quantitative estimate of drug-likeness (QED) is 0.770. The van der Waals surface area contributed by atoms with E-state index in [1.54, 1.807) is 13.0 Å². The van der Waals surface area contributed by atoms with Crippen molar-refractivity contribution in [2.45, 2.75) is 19.4 Å².